The van der Waals surface area contributed by atoms with Crippen molar-refractivity contribution in [2.24, 2.45) is 7.05 Å². The van der Waals surface area contributed by atoms with Gasteiger partial charge in [-0.15, -0.1) is 0 Å². The molecule has 1 saturated heterocycles. The first-order valence-corrected chi connectivity index (χ1v) is 12.3. The number of hydrogen-bond acceptors (Lipinski definition) is 6. The Morgan fingerprint density at radius 2 is 1.73 bits per heavy atom. The molecule has 1 fully saturated rings. The maximum Gasteiger partial charge on any atom is 0.256 e. The van der Waals surface area contributed by atoms with E-state index in [4.69, 9.17) is 9.72 Å². The zero-order valence-corrected chi connectivity index (χ0v) is 21.1. The molecule has 0 spiro atoms. The van der Waals surface area contributed by atoms with Gasteiger partial charge in [-0.1, -0.05) is 30.3 Å². The fourth-order valence-electron chi connectivity index (χ4n) is 4.80. The van der Waals surface area contributed by atoms with Crippen molar-refractivity contribution >= 4 is 28.5 Å². The zero-order chi connectivity index (χ0) is 25.8. The molecule has 0 unspecified atom stereocenters. The van der Waals surface area contributed by atoms with E-state index in [1.165, 1.54) is 12.7 Å². The van der Waals surface area contributed by atoms with Crippen molar-refractivity contribution in [3.8, 4) is 11.4 Å². The highest BCUT2D eigenvalue weighted by Crippen LogP contribution is 2.30. The number of methoxy groups -OCH3 is 1. The summed E-state index contributed by atoms with van der Waals surface area (Å²) in [6.07, 6.45) is 3.43. The Balaban J connectivity index is 1.44. The van der Waals surface area contributed by atoms with Crippen LogP contribution in [0.5, 0.6) is 0 Å². The number of piperazine rings is 1. The van der Waals surface area contributed by atoms with E-state index in [0.29, 0.717) is 29.9 Å². The molecule has 2 aromatic heterocycles. The van der Waals surface area contributed by atoms with Crippen LogP contribution in [0, 0.1) is 0 Å². The lowest BCUT2D eigenvalue weighted by Gasteiger charge is -2.35. The van der Waals surface area contributed by atoms with E-state index in [0.717, 1.165) is 36.5 Å². The molecule has 5 rings (SSSR count). The monoisotopic (exact) mass is 498 g/mol. The fourth-order valence-corrected chi connectivity index (χ4v) is 4.80. The molecule has 9 heteroatoms. The summed E-state index contributed by atoms with van der Waals surface area (Å²) in [4.78, 5) is 39.3. The molecule has 9 nitrogen and oxygen atoms in total. The van der Waals surface area contributed by atoms with Crippen LogP contribution in [0.3, 0.4) is 0 Å². The van der Waals surface area contributed by atoms with E-state index in [2.05, 4.69) is 27.3 Å². The van der Waals surface area contributed by atoms with Gasteiger partial charge < -0.3 is 19.5 Å². The molecule has 4 aromatic rings. The van der Waals surface area contributed by atoms with Crippen molar-refractivity contribution in [3.63, 3.8) is 0 Å². The van der Waals surface area contributed by atoms with Gasteiger partial charge in [-0.2, -0.15) is 0 Å². The molecular weight excluding hydrogens is 468 g/mol. The molecule has 0 atom stereocenters. The Kier molecular flexibility index (Phi) is 7.25. The van der Waals surface area contributed by atoms with Gasteiger partial charge in [0.1, 0.15) is 12.4 Å². The first-order chi connectivity index (χ1) is 18.0. The number of carbonyl (C=O) groups is 2. The van der Waals surface area contributed by atoms with Crippen LogP contribution in [0.1, 0.15) is 15.9 Å². The minimum atomic E-state index is -0.292. The number of hydrogen-bond donors (Lipinski definition) is 1. The van der Waals surface area contributed by atoms with Crippen LogP contribution in [-0.4, -0.2) is 76.0 Å². The maximum absolute atomic E-state index is 13.9. The van der Waals surface area contributed by atoms with E-state index in [9.17, 15) is 9.59 Å². The van der Waals surface area contributed by atoms with Gasteiger partial charge >= 0.3 is 0 Å². The lowest BCUT2D eigenvalue weighted by atomic mass is 10.1. The number of imidazole rings is 1. The number of nitrogens with one attached hydrogen (secondary N) is 1. The van der Waals surface area contributed by atoms with Crippen LogP contribution in [-0.2, 0) is 23.1 Å². The van der Waals surface area contributed by atoms with Crippen LogP contribution < -0.4 is 5.32 Å². The number of ether oxygens (including phenoxy) is 1. The Morgan fingerprint density at radius 3 is 2.43 bits per heavy atom. The lowest BCUT2D eigenvalue weighted by Crippen LogP contribution is -2.48. The highest BCUT2D eigenvalue weighted by Gasteiger charge is 2.26. The van der Waals surface area contributed by atoms with Crippen LogP contribution in [0.2, 0.25) is 0 Å². The molecule has 190 valence electrons. The van der Waals surface area contributed by atoms with Gasteiger partial charge in [0.2, 0.25) is 5.91 Å². The van der Waals surface area contributed by atoms with Gasteiger partial charge in [0.25, 0.3) is 5.91 Å². The number of amides is 2. The highest BCUT2D eigenvalue weighted by molar-refractivity contribution is 6.08. The Labute approximate surface area is 215 Å². The van der Waals surface area contributed by atoms with Gasteiger partial charge in [0, 0.05) is 70.5 Å². The van der Waals surface area contributed by atoms with Crippen molar-refractivity contribution in [2.75, 3.05) is 45.2 Å². The summed E-state index contributed by atoms with van der Waals surface area (Å²) in [5.74, 6) is 0.357. The molecule has 0 radical (unpaired) electrons. The molecular formula is C28H30N6O3. The normalized spacial score (nSPS) is 14.2. The highest BCUT2D eigenvalue weighted by atomic mass is 16.5. The minimum Gasteiger partial charge on any atom is -0.375 e. The molecule has 0 saturated carbocycles. The van der Waals surface area contributed by atoms with Crippen molar-refractivity contribution in [3.05, 3.63) is 78.1 Å². The molecule has 0 bridgehead atoms. The Morgan fingerprint density at radius 1 is 1.00 bits per heavy atom. The van der Waals surface area contributed by atoms with E-state index >= 15 is 0 Å². The summed E-state index contributed by atoms with van der Waals surface area (Å²) >= 11 is 0. The summed E-state index contributed by atoms with van der Waals surface area (Å²) in [6, 6.07) is 17.7. The van der Waals surface area contributed by atoms with Gasteiger partial charge in [0.15, 0.2) is 0 Å². The average molecular weight is 499 g/mol. The van der Waals surface area contributed by atoms with Crippen molar-refractivity contribution in [1.29, 1.82) is 0 Å². The second-order valence-electron chi connectivity index (χ2n) is 9.16. The molecule has 3 heterocycles. The number of pyridine rings is 1. The van der Waals surface area contributed by atoms with E-state index in [1.807, 2.05) is 46.8 Å². The number of fused-ring (bicyclic) bond motifs is 1. The first kappa shape index (κ1) is 24.6. The van der Waals surface area contributed by atoms with E-state index < -0.39 is 0 Å². The van der Waals surface area contributed by atoms with Crippen LogP contribution in [0.15, 0.2) is 67.0 Å². The number of anilines is 1. The number of aromatic nitrogens is 3. The summed E-state index contributed by atoms with van der Waals surface area (Å²) < 4.78 is 6.89. The number of carbonyl (C=O) groups excluding carboxylic acids is 2. The van der Waals surface area contributed by atoms with E-state index in [1.54, 1.807) is 24.5 Å². The number of aryl methyl sites for hydroxylation is 1. The fraction of sp³-hybridized carbons (Fsp3) is 0.286. The summed E-state index contributed by atoms with van der Waals surface area (Å²) in [5.41, 5.74) is 4.55. The standard InChI is InChI=1S/C28H30N6O3/c1-32-26-23(28(36)34-14-12-33(13-15-34)18-20-6-4-3-5-7-20)16-22(30-25(35)19-37-2)17-24(26)31-27(32)21-8-10-29-11-9-21/h3-11,16-17H,12-15,18-19H2,1-2H3,(H,30,35). The SMILES string of the molecule is COCC(=O)Nc1cc(C(=O)N2CCN(Cc3ccccc3)CC2)c2c(c1)nc(-c1ccncc1)n2C. The van der Waals surface area contributed by atoms with E-state index in [-0.39, 0.29) is 18.4 Å². The summed E-state index contributed by atoms with van der Waals surface area (Å²) in [6.45, 7) is 3.63. The van der Waals surface area contributed by atoms with Crippen LogP contribution in [0.4, 0.5) is 5.69 Å². The van der Waals surface area contributed by atoms with Gasteiger partial charge in [0.05, 0.1) is 16.6 Å². The quantitative estimate of drug-likeness (QED) is 0.421. The van der Waals surface area contributed by atoms with Gasteiger partial charge in [-0.05, 0) is 29.8 Å². The van der Waals surface area contributed by atoms with Crippen molar-refractivity contribution < 1.29 is 14.3 Å². The molecule has 2 amide bonds. The van der Waals surface area contributed by atoms with Crippen molar-refractivity contribution in [1.82, 2.24) is 24.3 Å². The summed E-state index contributed by atoms with van der Waals surface area (Å²) in [7, 11) is 3.37. The van der Waals surface area contributed by atoms with Gasteiger partial charge in [-0.25, -0.2) is 4.98 Å². The Hall–Kier alpha value is -4.08. The zero-order valence-electron chi connectivity index (χ0n) is 21.1. The predicted molar refractivity (Wildman–Crippen MR) is 142 cm³/mol. The van der Waals surface area contributed by atoms with Crippen LogP contribution >= 0.6 is 0 Å². The molecule has 37 heavy (non-hydrogen) atoms. The number of rotatable bonds is 7. The average Bonchev–Trinajstić information content (AvgIpc) is 3.25. The largest absolute Gasteiger partial charge is 0.375 e. The Bertz CT molecular complexity index is 1400. The second kappa shape index (κ2) is 10.9. The molecule has 1 aliphatic rings. The predicted octanol–water partition coefficient (Wildman–Crippen LogP) is 3.18. The van der Waals surface area contributed by atoms with Gasteiger partial charge in [-0.3, -0.25) is 19.5 Å². The minimum absolute atomic E-state index is 0.0727. The maximum atomic E-state index is 13.9. The van der Waals surface area contributed by atoms with Crippen molar-refractivity contribution in [2.45, 2.75) is 6.54 Å². The number of benzene rings is 2. The topological polar surface area (TPSA) is 92.6 Å². The third-order valence-corrected chi connectivity index (χ3v) is 6.61. The second-order valence-corrected chi connectivity index (χ2v) is 9.16. The third-order valence-electron chi connectivity index (χ3n) is 6.61. The molecule has 1 N–H and O–H groups in total. The summed E-state index contributed by atoms with van der Waals surface area (Å²) in [5, 5.41) is 2.83. The number of nitrogens with zero attached hydrogens (tertiary/aromatic N) is 5. The lowest BCUT2D eigenvalue weighted by molar-refractivity contribution is -0.119. The molecule has 0 aliphatic carbocycles. The van der Waals surface area contributed by atoms with Crippen LogP contribution in [0.25, 0.3) is 22.4 Å². The smallest absolute Gasteiger partial charge is 0.256 e. The first-order valence-electron chi connectivity index (χ1n) is 12.3. The molecule has 1 aliphatic heterocycles. The molecule has 2 aromatic carbocycles. The third kappa shape index (κ3) is 5.37.